The summed E-state index contributed by atoms with van der Waals surface area (Å²) in [5.41, 5.74) is 7.39. The highest BCUT2D eigenvalue weighted by Gasteiger charge is 2.01. The summed E-state index contributed by atoms with van der Waals surface area (Å²) in [6.45, 7) is 1.33. The summed E-state index contributed by atoms with van der Waals surface area (Å²) in [5.74, 6) is 0. The number of hydrogen-bond acceptors (Lipinski definition) is 5. The molecular weight excluding hydrogens is 272 g/mol. The highest BCUT2D eigenvalue weighted by Crippen LogP contribution is 2.14. The molecule has 112 valence electrons. The van der Waals surface area contributed by atoms with E-state index < -0.39 is 6.03 Å². The van der Waals surface area contributed by atoms with Gasteiger partial charge in [-0.25, -0.2) is 4.79 Å². The number of anilines is 2. The zero-order valence-electron chi connectivity index (χ0n) is 11.5. The second-order valence-electron chi connectivity index (χ2n) is 4.47. The van der Waals surface area contributed by atoms with Crippen molar-refractivity contribution in [3.8, 4) is 0 Å². The van der Waals surface area contributed by atoms with Gasteiger partial charge in [0.25, 0.3) is 0 Å². The predicted molar refractivity (Wildman–Crippen MR) is 78.7 cm³/mol. The van der Waals surface area contributed by atoms with E-state index in [0.717, 1.165) is 11.4 Å². The second-order valence-corrected chi connectivity index (χ2v) is 4.47. The first-order chi connectivity index (χ1) is 10.2. The third-order valence-electron chi connectivity index (χ3n) is 2.76. The van der Waals surface area contributed by atoms with E-state index >= 15 is 0 Å². The molecule has 1 aromatic carbocycles. The first-order valence-corrected chi connectivity index (χ1v) is 6.57. The lowest BCUT2D eigenvalue weighted by atomic mass is 10.2. The third kappa shape index (κ3) is 4.77. The van der Waals surface area contributed by atoms with Gasteiger partial charge in [-0.2, -0.15) is 0 Å². The lowest BCUT2D eigenvalue weighted by molar-refractivity contribution is 0.259. The molecular formula is C13H18N6O2. The Balaban J connectivity index is 1.84. The number of carbonyl (C=O) groups excluding carboxylic acids is 1. The average molecular weight is 290 g/mol. The van der Waals surface area contributed by atoms with Crippen molar-refractivity contribution < 1.29 is 9.90 Å². The van der Waals surface area contributed by atoms with Crippen LogP contribution in [0.2, 0.25) is 0 Å². The number of hydrogen-bond donors (Lipinski definition) is 4. The van der Waals surface area contributed by atoms with Crippen LogP contribution in [0.1, 0.15) is 12.1 Å². The quantitative estimate of drug-likeness (QED) is 0.600. The normalized spacial score (nSPS) is 10.3. The summed E-state index contributed by atoms with van der Waals surface area (Å²) in [6.07, 6.45) is 2.50. The summed E-state index contributed by atoms with van der Waals surface area (Å²) < 4.78 is 1.70. The largest absolute Gasteiger partial charge is 0.396 e. The van der Waals surface area contributed by atoms with Crippen molar-refractivity contribution in [3.05, 3.63) is 36.2 Å². The fourth-order valence-electron chi connectivity index (χ4n) is 1.77. The lowest BCUT2D eigenvalue weighted by Gasteiger charge is -2.06. The zero-order chi connectivity index (χ0) is 15.1. The van der Waals surface area contributed by atoms with Crippen LogP contribution in [0, 0.1) is 0 Å². The van der Waals surface area contributed by atoms with Gasteiger partial charge < -0.3 is 21.5 Å². The van der Waals surface area contributed by atoms with Crippen LogP contribution in [0.5, 0.6) is 0 Å². The SMILES string of the molecule is NC(=O)Nc1ccc(NCc2cn(CCCO)nn2)cc1. The first kappa shape index (κ1) is 14.8. The Kier molecular flexibility index (Phi) is 5.10. The number of nitrogens with one attached hydrogen (secondary N) is 2. The number of carbonyl (C=O) groups is 1. The van der Waals surface area contributed by atoms with Crippen LogP contribution in [-0.2, 0) is 13.1 Å². The van der Waals surface area contributed by atoms with E-state index in [9.17, 15) is 4.79 Å². The fraction of sp³-hybridized carbons (Fsp3) is 0.308. The van der Waals surface area contributed by atoms with Crippen molar-refractivity contribution in [2.75, 3.05) is 17.2 Å². The van der Waals surface area contributed by atoms with Crippen molar-refractivity contribution in [2.45, 2.75) is 19.5 Å². The zero-order valence-corrected chi connectivity index (χ0v) is 11.5. The maximum absolute atomic E-state index is 10.7. The van der Waals surface area contributed by atoms with Crippen molar-refractivity contribution in [1.82, 2.24) is 15.0 Å². The topological polar surface area (TPSA) is 118 Å². The van der Waals surface area contributed by atoms with E-state index in [2.05, 4.69) is 20.9 Å². The van der Waals surface area contributed by atoms with Crippen molar-refractivity contribution in [1.29, 1.82) is 0 Å². The molecule has 2 rings (SSSR count). The number of amides is 2. The minimum absolute atomic E-state index is 0.138. The second kappa shape index (κ2) is 7.25. The summed E-state index contributed by atoms with van der Waals surface area (Å²) >= 11 is 0. The maximum Gasteiger partial charge on any atom is 0.316 e. The molecule has 5 N–H and O–H groups in total. The van der Waals surface area contributed by atoms with E-state index in [0.29, 0.717) is 25.2 Å². The van der Waals surface area contributed by atoms with Crippen molar-refractivity contribution in [3.63, 3.8) is 0 Å². The Labute approximate surface area is 122 Å². The number of aliphatic hydroxyl groups is 1. The van der Waals surface area contributed by atoms with Gasteiger partial charge in [-0.05, 0) is 30.7 Å². The molecule has 2 amide bonds. The van der Waals surface area contributed by atoms with E-state index in [1.54, 1.807) is 16.8 Å². The molecule has 0 aliphatic heterocycles. The minimum Gasteiger partial charge on any atom is -0.396 e. The van der Waals surface area contributed by atoms with Crippen LogP contribution in [-0.4, -0.2) is 32.7 Å². The Bertz CT molecular complexity index is 581. The van der Waals surface area contributed by atoms with Gasteiger partial charge in [-0.3, -0.25) is 4.68 Å². The summed E-state index contributed by atoms with van der Waals surface area (Å²) in [6, 6.07) is 6.59. The lowest BCUT2D eigenvalue weighted by Crippen LogP contribution is -2.19. The molecule has 8 heteroatoms. The number of nitrogens with two attached hydrogens (primary N) is 1. The van der Waals surface area contributed by atoms with Crippen molar-refractivity contribution in [2.24, 2.45) is 5.73 Å². The molecule has 0 aliphatic rings. The number of primary amides is 1. The van der Waals surface area contributed by atoms with Crippen LogP contribution in [0.15, 0.2) is 30.5 Å². The molecule has 21 heavy (non-hydrogen) atoms. The monoisotopic (exact) mass is 290 g/mol. The number of rotatable bonds is 7. The number of benzene rings is 1. The summed E-state index contributed by atoms with van der Waals surface area (Å²) in [7, 11) is 0. The Morgan fingerprint density at radius 1 is 1.29 bits per heavy atom. The molecule has 0 bridgehead atoms. The van der Waals surface area contributed by atoms with E-state index in [-0.39, 0.29) is 6.61 Å². The molecule has 0 atom stereocenters. The van der Waals surface area contributed by atoms with Gasteiger partial charge in [0.2, 0.25) is 0 Å². The van der Waals surface area contributed by atoms with Gasteiger partial charge in [0, 0.05) is 24.5 Å². The predicted octanol–water partition coefficient (Wildman–Crippen LogP) is 0.763. The van der Waals surface area contributed by atoms with Gasteiger partial charge in [-0.15, -0.1) is 5.10 Å². The van der Waals surface area contributed by atoms with Crippen LogP contribution in [0.4, 0.5) is 16.2 Å². The Hall–Kier alpha value is -2.61. The highest BCUT2D eigenvalue weighted by atomic mass is 16.3. The van der Waals surface area contributed by atoms with Gasteiger partial charge in [-0.1, -0.05) is 5.21 Å². The number of aliphatic hydroxyl groups excluding tert-OH is 1. The number of aromatic nitrogens is 3. The molecule has 0 fully saturated rings. The molecule has 0 spiro atoms. The Morgan fingerprint density at radius 3 is 2.67 bits per heavy atom. The summed E-state index contributed by atoms with van der Waals surface area (Å²) in [5, 5.41) is 22.5. The standard InChI is InChI=1S/C13H18N6O2/c14-13(21)16-11-4-2-10(3-5-11)15-8-12-9-19(18-17-12)6-1-7-20/h2-5,9,15,20H,1,6-8H2,(H3,14,16,21). The number of urea groups is 1. The highest BCUT2D eigenvalue weighted by molar-refractivity contribution is 5.87. The third-order valence-corrected chi connectivity index (χ3v) is 2.76. The van der Waals surface area contributed by atoms with Gasteiger partial charge >= 0.3 is 6.03 Å². The van der Waals surface area contributed by atoms with E-state index in [4.69, 9.17) is 10.8 Å². The molecule has 1 aromatic heterocycles. The molecule has 1 heterocycles. The summed E-state index contributed by atoms with van der Waals surface area (Å²) in [4.78, 5) is 10.7. The minimum atomic E-state index is -0.588. The van der Waals surface area contributed by atoms with Gasteiger partial charge in [0.1, 0.15) is 5.69 Å². The molecule has 0 unspecified atom stereocenters. The first-order valence-electron chi connectivity index (χ1n) is 6.57. The van der Waals surface area contributed by atoms with Crippen LogP contribution in [0.25, 0.3) is 0 Å². The van der Waals surface area contributed by atoms with Crippen LogP contribution >= 0.6 is 0 Å². The fourth-order valence-corrected chi connectivity index (χ4v) is 1.77. The Morgan fingerprint density at radius 2 is 2.00 bits per heavy atom. The molecule has 2 aromatic rings. The number of aryl methyl sites for hydroxylation is 1. The molecule has 0 saturated carbocycles. The van der Waals surface area contributed by atoms with E-state index in [1.165, 1.54) is 0 Å². The maximum atomic E-state index is 10.7. The van der Waals surface area contributed by atoms with Crippen molar-refractivity contribution >= 4 is 17.4 Å². The molecule has 8 nitrogen and oxygen atoms in total. The van der Waals surface area contributed by atoms with Crippen LogP contribution < -0.4 is 16.4 Å². The van der Waals surface area contributed by atoms with Gasteiger partial charge in [0.05, 0.1) is 12.7 Å². The smallest absolute Gasteiger partial charge is 0.316 e. The molecule has 0 aliphatic carbocycles. The molecule has 0 radical (unpaired) electrons. The van der Waals surface area contributed by atoms with Crippen LogP contribution in [0.3, 0.4) is 0 Å². The van der Waals surface area contributed by atoms with Gasteiger partial charge in [0.15, 0.2) is 0 Å². The number of nitrogens with zero attached hydrogens (tertiary/aromatic N) is 3. The average Bonchev–Trinajstić information content (AvgIpc) is 2.92. The molecule has 0 saturated heterocycles. The van der Waals surface area contributed by atoms with E-state index in [1.807, 2.05) is 18.3 Å².